The van der Waals surface area contributed by atoms with Gasteiger partial charge < -0.3 is 15.4 Å². The number of amides is 1. The van der Waals surface area contributed by atoms with E-state index >= 15 is 0 Å². The highest BCUT2D eigenvalue weighted by Gasteiger charge is 2.22. The van der Waals surface area contributed by atoms with Crippen LogP contribution in [0.2, 0.25) is 0 Å². The van der Waals surface area contributed by atoms with Gasteiger partial charge in [0.05, 0.1) is 6.04 Å². The first-order valence-electron chi connectivity index (χ1n) is 8.72. The van der Waals surface area contributed by atoms with Crippen molar-refractivity contribution in [3.63, 3.8) is 0 Å². The van der Waals surface area contributed by atoms with E-state index in [1.54, 1.807) is 0 Å². The molecule has 0 aliphatic carbocycles. The normalized spacial score (nSPS) is 21.5. The summed E-state index contributed by atoms with van der Waals surface area (Å²) in [6.07, 6.45) is 4.61. The third kappa shape index (κ3) is 4.45. The first kappa shape index (κ1) is 16.3. The van der Waals surface area contributed by atoms with E-state index < -0.39 is 0 Å². The molecule has 2 aliphatic heterocycles. The largest absolute Gasteiger partial charge is 0.492 e. The number of rotatable bonds is 6. The number of likely N-dealkylation sites (tertiary alicyclic amines) is 1. The maximum absolute atomic E-state index is 12.1. The van der Waals surface area contributed by atoms with Crippen LogP contribution in [0.1, 0.15) is 31.2 Å². The SMILES string of the molecule is Cc1cc(NC(=O)C2CCCN2)ccc1OCCN1CCCC1. The molecule has 1 aromatic rings. The van der Waals surface area contributed by atoms with Crippen LogP contribution in [0.15, 0.2) is 18.2 Å². The van der Waals surface area contributed by atoms with Gasteiger partial charge in [0.15, 0.2) is 0 Å². The molecule has 5 nitrogen and oxygen atoms in total. The number of aryl methyl sites for hydroxylation is 1. The van der Waals surface area contributed by atoms with Crippen molar-refractivity contribution in [3.05, 3.63) is 23.8 Å². The monoisotopic (exact) mass is 317 g/mol. The van der Waals surface area contributed by atoms with Crippen molar-refractivity contribution < 1.29 is 9.53 Å². The number of hydrogen-bond donors (Lipinski definition) is 2. The second kappa shape index (κ2) is 7.79. The minimum atomic E-state index is -0.0494. The average Bonchev–Trinajstić information content (AvgIpc) is 3.22. The predicted molar refractivity (Wildman–Crippen MR) is 92.0 cm³/mol. The minimum absolute atomic E-state index is 0.0494. The number of anilines is 1. The summed E-state index contributed by atoms with van der Waals surface area (Å²) >= 11 is 0. The lowest BCUT2D eigenvalue weighted by Crippen LogP contribution is -2.35. The minimum Gasteiger partial charge on any atom is -0.492 e. The fourth-order valence-electron chi connectivity index (χ4n) is 3.32. The van der Waals surface area contributed by atoms with Gasteiger partial charge in [-0.05, 0) is 76.0 Å². The summed E-state index contributed by atoms with van der Waals surface area (Å²) in [6, 6.07) is 5.81. The van der Waals surface area contributed by atoms with Crippen LogP contribution in [0.4, 0.5) is 5.69 Å². The summed E-state index contributed by atoms with van der Waals surface area (Å²) in [6.45, 7) is 7.06. The molecule has 0 aromatic heterocycles. The third-order valence-corrected chi connectivity index (χ3v) is 4.68. The molecule has 1 aromatic carbocycles. The Morgan fingerprint density at radius 2 is 2.17 bits per heavy atom. The molecule has 5 heteroatoms. The molecule has 126 valence electrons. The number of hydrogen-bond acceptors (Lipinski definition) is 4. The molecule has 1 atom stereocenters. The summed E-state index contributed by atoms with van der Waals surface area (Å²) in [7, 11) is 0. The topological polar surface area (TPSA) is 53.6 Å². The van der Waals surface area contributed by atoms with Crippen LogP contribution in [0.3, 0.4) is 0 Å². The number of ether oxygens (including phenoxy) is 1. The summed E-state index contributed by atoms with van der Waals surface area (Å²) in [5.41, 5.74) is 1.90. The highest BCUT2D eigenvalue weighted by molar-refractivity contribution is 5.95. The molecular weight excluding hydrogens is 290 g/mol. The molecule has 2 heterocycles. The fraction of sp³-hybridized carbons (Fsp3) is 0.611. The van der Waals surface area contributed by atoms with E-state index in [-0.39, 0.29) is 11.9 Å². The second-order valence-corrected chi connectivity index (χ2v) is 6.52. The van der Waals surface area contributed by atoms with Crippen LogP contribution >= 0.6 is 0 Å². The van der Waals surface area contributed by atoms with E-state index in [0.717, 1.165) is 49.5 Å². The molecule has 0 radical (unpaired) electrons. The summed E-state index contributed by atoms with van der Waals surface area (Å²) in [4.78, 5) is 14.6. The van der Waals surface area contributed by atoms with E-state index in [0.29, 0.717) is 0 Å². The molecule has 1 unspecified atom stereocenters. The highest BCUT2D eigenvalue weighted by Crippen LogP contribution is 2.22. The van der Waals surface area contributed by atoms with Gasteiger partial charge in [0.1, 0.15) is 12.4 Å². The molecule has 23 heavy (non-hydrogen) atoms. The van der Waals surface area contributed by atoms with Gasteiger partial charge in [-0.3, -0.25) is 9.69 Å². The predicted octanol–water partition coefficient (Wildman–Crippen LogP) is 2.16. The molecule has 3 rings (SSSR count). The van der Waals surface area contributed by atoms with Crippen molar-refractivity contribution in [1.82, 2.24) is 10.2 Å². The number of nitrogens with zero attached hydrogens (tertiary/aromatic N) is 1. The first-order chi connectivity index (χ1) is 11.2. The zero-order valence-electron chi connectivity index (χ0n) is 13.9. The van der Waals surface area contributed by atoms with Gasteiger partial charge >= 0.3 is 0 Å². The van der Waals surface area contributed by atoms with Gasteiger partial charge in [0.2, 0.25) is 5.91 Å². The van der Waals surface area contributed by atoms with E-state index in [4.69, 9.17) is 4.74 Å². The Bertz CT molecular complexity index is 535. The van der Waals surface area contributed by atoms with Crippen LogP contribution in [0.25, 0.3) is 0 Å². The van der Waals surface area contributed by atoms with Crippen LogP contribution in [0, 0.1) is 6.92 Å². The Hall–Kier alpha value is -1.59. The summed E-state index contributed by atoms with van der Waals surface area (Å²) in [5, 5.41) is 6.20. The Balaban J connectivity index is 1.49. The van der Waals surface area contributed by atoms with Gasteiger partial charge in [0.25, 0.3) is 0 Å². The van der Waals surface area contributed by atoms with Crippen LogP contribution in [-0.2, 0) is 4.79 Å². The Labute approximate surface area is 138 Å². The maximum Gasteiger partial charge on any atom is 0.241 e. The number of nitrogens with one attached hydrogen (secondary N) is 2. The Morgan fingerprint density at radius 1 is 1.35 bits per heavy atom. The third-order valence-electron chi connectivity index (χ3n) is 4.68. The van der Waals surface area contributed by atoms with E-state index in [1.807, 2.05) is 25.1 Å². The lowest BCUT2D eigenvalue weighted by atomic mass is 10.1. The summed E-state index contributed by atoms with van der Waals surface area (Å²) in [5.74, 6) is 0.964. The molecular formula is C18H27N3O2. The lowest BCUT2D eigenvalue weighted by molar-refractivity contribution is -0.117. The standard InChI is InChI=1S/C18H27N3O2/c1-14-13-15(20-18(22)16-5-4-8-19-16)6-7-17(14)23-12-11-21-9-2-3-10-21/h6-7,13,16,19H,2-5,8-12H2,1H3,(H,20,22). The molecule has 0 bridgehead atoms. The lowest BCUT2D eigenvalue weighted by Gasteiger charge is -2.16. The number of carbonyl (C=O) groups excluding carboxylic acids is 1. The second-order valence-electron chi connectivity index (χ2n) is 6.52. The van der Waals surface area contributed by atoms with Crippen molar-refractivity contribution in [2.75, 3.05) is 38.1 Å². The van der Waals surface area contributed by atoms with Crippen LogP contribution in [0.5, 0.6) is 5.75 Å². The van der Waals surface area contributed by atoms with E-state index in [9.17, 15) is 4.79 Å². The van der Waals surface area contributed by atoms with E-state index in [2.05, 4.69) is 15.5 Å². The molecule has 1 amide bonds. The molecule has 0 saturated carbocycles. The van der Waals surface area contributed by atoms with Crippen LogP contribution < -0.4 is 15.4 Å². The van der Waals surface area contributed by atoms with Gasteiger partial charge in [-0.1, -0.05) is 0 Å². The van der Waals surface area contributed by atoms with Gasteiger partial charge in [-0.2, -0.15) is 0 Å². The van der Waals surface area contributed by atoms with Crippen molar-refractivity contribution in [1.29, 1.82) is 0 Å². The van der Waals surface area contributed by atoms with E-state index in [1.165, 1.54) is 25.9 Å². The van der Waals surface area contributed by atoms with Crippen LogP contribution in [-0.4, -0.2) is 49.6 Å². The Kier molecular flexibility index (Phi) is 5.51. The number of benzene rings is 1. The molecule has 0 spiro atoms. The Morgan fingerprint density at radius 3 is 2.87 bits per heavy atom. The van der Waals surface area contributed by atoms with Crippen molar-refractivity contribution >= 4 is 11.6 Å². The number of carbonyl (C=O) groups is 1. The van der Waals surface area contributed by atoms with Gasteiger partial charge in [-0.25, -0.2) is 0 Å². The van der Waals surface area contributed by atoms with Gasteiger partial charge in [-0.15, -0.1) is 0 Å². The first-order valence-corrected chi connectivity index (χ1v) is 8.72. The van der Waals surface area contributed by atoms with Crippen molar-refractivity contribution in [3.8, 4) is 5.75 Å². The van der Waals surface area contributed by atoms with Crippen molar-refractivity contribution in [2.45, 2.75) is 38.6 Å². The van der Waals surface area contributed by atoms with Gasteiger partial charge in [0, 0.05) is 12.2 Å². The quantitative estimate of drug-likeness (QED) is 0.844. The molecule has 2 saturated heterocycles. The fourth-order valence-corrected chi connectivity index (χ4v) is 3.32. The van der Waals surface area contributed by atoms with Crippen molar-refractivity contribution in [2.24, 2.45) is 0 Å². The zero-order chi connectivity index (χ0) is 16.1. The smallest absolute Gasteiger partial charge is 0.241 e. The molecule has 2 aliphatic rings. The summed E-state index contributed by atoms with van der Waals surface area (Å²) < 4.78 is 5.89. The average molecular weight is 317 g/mol. The molecule has 2 N–H and O–H groups in total. The maximum atomic E-state index is 12.1. The highest BCUT2D eigenvalue weighted by atomic mass is 16.5. The zero-order valence-corrected chi connectivity index (χ0v) is 13.9. The molecule has 2 fully saturated rings.